The highest BCUT2D eigenvalue weighted by Gasteiger charge is 2.13. The molecule has 7 heteroatoms. The highest BCUT2D eigenvalue weighted by Crippen LogP contribution is 2.20. The van der Waals surface area contributed by atoms with Crippen molar-refractivity contribution in [1.29, 1.82) is 0 Å². The van der Waals surface area contributed by atoms with E-state index in [9.17, 15) is 17.2 Å². The fraction of sp³-hybridized carbons (Fsp3) is 0.455. The summed E-state index contributed by atoms with van der Waals surface area (Å²) in [6, 6.07) is 2.65. The number of sulfone groups is 1. The quantitative estimate of drug-likeness (QED) is 0.607. The lowest BCUT2D eigenvalue weighted by Crippen LogP contribution is -2.28. The Morgan fingerprint density at radius 2 is 1.83 bits per heavy atom. The zero-order chi connectivity index (χ0) is 13.8. The van der Waals surface area contributed by atoms with Crippen LogP contribution >= 0.6 is 0 Å². The Labute approximate surface area is 105 Å². The number of hydrogen-bond acceptors (Lipinski definition) is 4. The molecular weight excluding hydrogens is 262 g/mol. The van der Waals surface area contributed by atoms with E-state index in [0.717, 1.165) is 12.3 Å². The van der Waals surface area contributed by atoms with Crippen molar-refractivity contribution in [3.63, 3.8) is 0 Å². The fourth-order valence-corrected chi connectivity index (χ4v) is 2.36. The molecule has 0 saturated carbocycles. The standard InChI is InChI=1S/C11H16F2N2O2S/c1-18(16,17)4-2-3-11(15-14)8-5-9(12)7-10(13)6-8/h5-7,11,15H,2-4,14H2,1H3. The van der Waals surface area contributed by atoms with E-state index in [-0.39, 0.29) is 5.75 Å². The van der Waals surface area contributed by atoms with Crippen molar-refractivity contribution in [3.05, 3.63) is 35.4 Å². The van der Waals surface area contributed by atoms with Crippen molar-refractivity contribution in [2.24, 2.45) is 5.84 Å². The number of hydrazine groups is 1. The predicted octanol–water partition coefficient (Wildman–Crippen LogP) is 1.29. The molecule has 1 aromatic rings. The van der Waals surface area contributed by atoms with Gasteiger partial charge >= 0.3 is 0 Å². The van der Waals surface area contributed by atoms with Gasteiger partial charge in [-0.05, 0) is 30.5 Å². The summed E-state index contributed by atoms with van der Waals surface area (Å²) >= 11 is 0. The molecule has 0 amide bonds. The molecule has 1 atom stereocenters. The maximum Gasteiger partial charge on any atom is 0.147 e. The van der Waals surface area contributed by atoms with Gasteiger partial charge in [0.25, 0.3) is 0 Å². The van der Waals surface area contributed by atoms with Gasteiger partial charge < -0.3 is 0 Å². The molecule has 1 unspecified atom stereocenters. The van der Waals surface area contributed by atoms with Crippen molar-refractivity contribution in [1.82, 2.24) is 5.43 Å². The van der Waals surface area contributed by atoms with Gasteiger partial charge in [-0.2, -0.15) is 0 Å². The first-order valence-electron chi connectivity index (χ1n) is 5.41. The smallest absolute Gasteiger partial charge is 0.147 e. The molecule has 1 aromatic carbocycles. The van der Waals surface area contributed by atoms with Crippen LogP contribution in [0.15, 0.2) is 18.2 Å². The van der Waals surface area contributed by atoms with Crippen molar-refractivity contribution in [2.75, 3.05) is 12.0 Å². The average molecular weight is 278 g/mol. The van der Waals surface area contributed by atoms with Crippen molar-refractivity contribution < 1.29 is 17.2 Å². The summed E-state index contributed by atoms with van der Waals surface area (Å²) < 4.78 is 48.0. The van der Waals surface area contributed by atoms with Crippen LogP contribution in [-0.2, 0) is 9.84 Å². The molecule has 0 heterocycles. The molecule has 0 radical (unpaired) electrons. The van der Waals surface area contributed by atoms with Gasteiger partial charge in [-0.25, -0.2) is 17.2 Å². The molecule has 0 aliphatic carbocycles. The Morgan fingerprint density at radius 1 is 1.28 bits per heavy atom. The summed E-state index contributed by atoms with van der Waals surface area (Å²) in [6.45, 7) is 0. The van der Waals surface area contributed by atoms with E-state index in [4.69, 9.17) is 5.84 Å². The predicted molar refractivity (Wildman–Crippen MR) is 65.4 cm³/mol. The number of benzene rings is 1. The molecule has 0 bridgehead atoms. The summed E-state index contributed by atoms with van der Waals surface area (Å²) in [4.78, 5) is 0. The van der Waals surface area contributed by atoms with E-state index in [0.29, 0.717) is 18.4 Å². The molecule has 4 nitrogen and oxygen atoms in total. The topological polar surface area (TPSA) is 72.2 Å². The van der Waals surface area contributed by atoms with Crippen LogP contribution in [-0.4, -0.2) is 20.4 Å². The molecule has 0 spiro atoms. The zero-order valence-corrected chi connectivity index (χ0v) is 10.8. The van der Waals surface area contributed by atoms with E-state index in [1.54, 1.807) is 0 Å². The Morgan fingerprint density at radius 3 is 2.28 bits per heavy atom. The minimum absolute atomic E-state index is 0.0168. The Hall–Kier alpha value is -1.05. The normalized spacial score (nSPS) is 13.6. The summed E-state index contributed by atoms with van der Waals surface area (Å²) in [7, 11) is -3.04. The second-order valence-corrected chi connectivity index (χ2v) is 6.45. The van der Waals surface area contributed by atoms with Crippen LogP contribution in [0.3, 0.4) is 0 Å². The fourth-order valence-electron chi connectivity index (χ4n) is 1.67. The van der Waals surface area contributed by atoms with Gasteiger partial charge in [-0.3, -0.25) is 11.3 Å². The summed E-state index contributed by atoms with van der Waals surface area (Å²) in [5.41, 5.74) is 2.80. The zero-order valence-electron chi connectivity index (χ0n) is 9.99. The van der Waals surface area contributed by atoms with Gasteiger partial charge in [0, 0.05) is 24.1 Å². The Bertz CT molecular complexity index is 486. The van der Waals surface area contributed by atoms with Crippen LogP contribution in [0.1, 0.15) is 24.4 Å². The third-order valence-electron chi connectivity index (χ3n) is 2.50. The first kappa shape index (κ1) is 15.0. The lowest BCUT2D eigenvalue weighted by Gasteiger charge is -2.16. The first-order valence-corrected chi connectivity index (χ1v) is 7.48. The van der Waals surface area contributed by atoms with Crippen LogP contribution in [0.25, 0.3) is 0 Å². The SMILES string of the molecule is CS(=O)(=O)CCCC(NN)c1cc(F)cc(F)c1. The van der Waals surface area contributed by atoms with Gasteiger partial charge in [0.05, 0.1) is 0 Å². The molecule has 18 heavy (non-hydrogen) atoms. The summed E-state index contributed by atoms with van der Waals surface area (Å²) in [6.07, 6.45) is 1.89. The van der Waals surface area contributed by atoms with E-state index >= 15 is 0 Å². The first-order chi connectivity index (χ1) is 8.31. The minimum Gasteiger partial charge on any atom is -0.271 e. The largest absolute Gasteiger partial charge is 0.271 e. The van der Waals surface area contributed by atoms with E-state index in [1.807, 2.05) is 0 Å². The third-order valence-corrected chi connectivity index (χ3v) is 3.53. The second kappa shape index (κ2) is 6.21. The van der Waals surface area contributed by atoms with Crippen LogP contribution in [0.5, 0.6) is 0 Å². The third kappa shape index (κ3) is 5.07. The lowest BCUT2D eigenvalue weighted by atomic mass is 10.0. The monoisotopic (exact) mass is 278 g/mol. The number of halogens is 2. The van der Waals surface area contributed by atoms with Crippen molar-refractivity contribution in [3.8, 4) is 0 Å². The van der Waals surface area contributed by atoms with E-state index in [1.165, 1.54) is 12.1 Å². The number of rotatable bonds is 6. The average Bonchev–Trinajstić information content (AvgIpc) is 2.21. The number of nitrogens with two attached hydrogens (primary N) is 1. The van der Waals surface area contributed by atoms with E-state index in [2.05, 4.69) is 5.43 Å². The van der Waals surface area contributed by atoms with Crippen molar-refractivity contribution in [2.45, 2.75) is 18.9 Å². The molecular formula is C11H16F2N2O2S. The number of nitrogens with one attached hydrogen (secondary N) is 1. The molecule has 0 aromatic heterocycles. The number of hydrogen-bond donors (Lipinski definition) is 2. The van der Waals surface area contributed by atoms with Crippen LogP contribution in [0.4, 0.5) is 8.78 Å². The summed E-state index contributed by atoms with van der Waals surface area (Å²) in [5.74, 6) is 3.95. The maximum atomic E-state index is 13.0. The molecule has 3 N–H and O–H groups in total. The van der Waals surface area contributed by atoms with Gasteiger partial charge in [-0.15, -0.1) is 0 Å². The molecule has 0 saturated heterocycles. The molecule has 0 aliphatic rings. The minimum atomic E-state index is -3.04. The summed E-state index contributed by atoms with van der Waals surface area (Å²) in [5, 5.41) is 0. The maximum absolute atomic E-state index is 13.0. The van der Waals surface area contributed by atoms with Gasteiger partial charge in [0.2, 0.25) is 0 Å². The van der Waals surface area contributed by atoms with E-state index < -0.39 is 27.5 Å². The van der Waals surface area contributed by atoms with Gasteiger partial charge in [0.1, 0.15) is 21.5 Å². The second-order valence-electron chi connectivity index (χ2n) is 4.19. The molecule has 0 aliphatic heterocycles. The van der Waals surface area contributed by atoms with Crippen LogP contribution in [0, 0.1) is 11.6 Å². The van der Waals surface area contributed by atoms with Crippen LogP contribution < -0.4 is 11.3 Å². The highest BCUT2D eigenvalue weighted by atomic mass is 32.2. The molecule has 0 fully saturated rings. The van der Waals surface area contributed by atoms with Crippen LogP contribution in [0.2, 0.25) is 0 Å². The van der Waals surface area contributed by atoms with Gasteiger partial charge in [0.15, 0.2) is 0 Å². The Balaban J connectivity index is 2.71. The molecule has 102 valence electrons. The van der Waals surface area contributed by atoms with Gasteiger partial charge in [-0.1, -0.05) is 0 Å². The highest BCUT2D eigenvalue weighted by molar-refractivity contribution is 7.90. The lowest BCUT2D eigenvalue weighted by molar-refractivity contribution is 0.497. The molecule has 1 rings (SSSR count). The Kier molecular flexibility index (Phi) is 5.18. The van der Waals surface area contributed by atoms with Crippen molar-refractivity contribution >= 4 is 9.84 Å².